The maximum absolute atomic E-state index is 13.4. The Kier molecular flexibility index (Phi) is 8.40. The van der Waals surface area contributed by atoms with Gasteiger partial charge in [-0.1, -0.05) is 29.8 Å². The molecule has 11 heteroatoms. The maximum Gasteiger partial charge on any atom is 0.340 e. The molecule has 206 valence electrons. The van der Waals surface area contributed by atoms with Crippen molar-refractivity contribution in [3.63, 3.8) is 0 Å². The number of ether oxygens (including phenoxy) is 3. The summed E-state index contributed by atoms with van der Waals surface area (Å²) in [6.45, 7) is 3.65. The Bertz CT molecular complexity index is 1550. The average molecular weight is 564 g/mol. The second kappa shape index (κ2) is 11.9. The first-order chi connectivity index (χ1) is 19.2. The van der Waals surface area contributed by atoms with Crippen LogP contribution < -0.4 is 25.0 Å². The molecular weight excluding hydrogens is 538 g/mol. The van der Waals surface area contributed by atoms with Crippen LogP contribution in [0.2, 0.25) is 0 Å². The third kappa shape index (κ3) is 5.48. The van der Waals surface area contributed by atoms with Gasteiger partial charge in [-0.25, -0.2) is 9.69 Å². The van der Waals surface area contributed by atoms with Gasteiger partial charge in [-0.2, -0.15) is 0 Å². The van der Waals surface area contributed by atoms with E-state index in [0.717, 1.165) is 4.90 Å². The fourth-order valence-electron chi connectivity index (χ4n) is 4.01. The van der Waals surface area contributed by atoms with Gasteiger partial charge in [0.25, 0.3) is 17.7 Å². The highest BCUT2D eigenvalue weighted by molar-refractivity contribution is 6.53. The van der Waals surface area contributed by atoms with Gasteiger partial charge in [0.15, 0.2) is 0 Å². The molecule has 0 spiro atoms. The van der Waals surface area contributed by atoms with Crippen LogP contribution in [0.15, 0.2) is 71.4 Å². The lowest BCUT2D eigenvalue weighted by atomic mass is 10.1. The SMILES string of the molecule is CCOC(=O)c1ccccc1NC(=O)c1ccc(C)c(NC2=C(Cl)C(=O)N(c3ccc(OC)cc3OC)C2=O)c1. The van der Waals surface area contributed by atoms with Gasteiger partial charge in [0.05, 0.1) is 37.8 Å². The lowest BCUT2D eigenvalue weighted by molar-refractivity contribution is -0.120. The molecule has 0 atom stereocenters. The summed E-state index contributed by atoms with van der Waals surface area (Å²) in [5.41, 5.74) is 1.83. The summed E-state index contributed by atoms with van der Waals surface area (Å²) in [5.74, 6) is -1.78. The fraction of sp³-hybridized carbons (Fsp3) is 0.172. The molecule has 40 heavy (non-hydrogen) atoms. The van der Waals surface area contributed by atoms with Gasteiger partial charge in [0.1, 0.15) is 22.2 Å². The van der Waals surface area contributed by atoms with Gasteiger partial charge < -0.3 is 24.8 Å². The second-order valence-corrected chi connectivity index (χ2v) is 8.93. The van der Waals surface area contributed by atoms with Gasteiger partial charge in [0.2, 0.25) is 0 Å². The van der Waals surface area contributed by atoms with Crippen LogP contribution in [0.4, 0.5) is 17.1 Å². The standard InChI is InChI=1S/C29H26ClN3O7/c1-5-40-29(37)19-8-6-7-9-20(19)32-26(34)17-11-10-16(2)21(14-17)31-25-24(30)27(35)33(28(25)36)22-13-12-18(38-3)15-23(22)39-4/h6-15,31H,5H2,1-4H3,(H,32,34). The molecule has 1 aliphatic rings. The smallest absolute Gasteiger partial charge is 0.340 e. The normalized spacial score (nSPS) is 12.9. The zero-order valence-electron chi connectivity index (χ0n) is 22.2. The number of benzene rings is 3. The number of aryl methyl sites for hydroxylation is 1. The molecule has 1 aliphatic heterocycles. The van der Waals surface area contributed by atoms with Crippen LogP contribution in [0.1, 0.15) is 33.2 Å². The summed E-state index contributed by atoms with van der Waals surface area (Å²) in [6, 6.07) is 15.9. The molecule has 1 heterocycles. The number of halogens is 1. The highest BCUT2D eigenvalue weighted by Crippen LogP contribution is 2.38. The Morgan fingerprint density at radius 1 is 0.925 bits per heavy atom. The summed E-state index contributed by atoms with van der Waals surface area (Å²) in [4.78, 5) is 52.7. The molecule has 0 bridgehead atoms. The number of para-hydroxylation sites is 1. The number of amides is 3. The van der Waals surface area contributed by atoms with E-state index in [4.69, 9.17) is 25.8 Å². The molecule has 0 saturated heterocycles. The molecule has 4 rings (SSSR count). The largest absolute Gasteiger partial charge is 0.497 e. The topological polar surface area (TPSA) is 123 Å². The van der Waals surface area contributed by atoms with Crippen molar-refractivity contribution in [1.29, 1.82) is 0 Å². The number of carbonyl (C=O) groups is 4. The van der Waals surface area contributed by atoms with E-state index in [-0.39, 0.29) is 45.6 Å². The maximum atomic E-state index is 13.4. The summed E-state index contributed by atoms with van der Waals surface area (Å²) >= 11 is 6.32. The van der Waals surface area contributed by atoms with Crippen LogP contribution in [-0.2, 0) is 14.3 Å². The number of carbonyl (C=O) groups excluding carboxylic acids is 4. The molecule has 0 radical (unpaired) electrons. The Hall–Kier alpha value is -4.83. The summed E-state index contributed by atoms with van der Waals surface area (Å²) in [6.07, 6.45) is 0. The third-order valence-electron chi connectivity index (χ3n) is 6.09. The number of nitrogens with one attached hydrogen (secondary N) is 2. The number of hydrogen-bond acceptors (Lipinski definition) is 8. The number of anilines is 3. The van der Waals surface area contributed by atoms with Crippen molar-refractivity contribution >= 4 is 52.4 Å². The first kappa shape index (κ1) is 28.2. The minimum Gasteiger partial charge on any atom is -0.497 e. The van der Waals surface area contributed by atoms with Crippen molar-refractivity contribution in [2.45, 2.75) is 13.8 Å². The first-order valence-corrected chi connectivity index (χ1v) is 12.5. The Morgan fingerprint density at radius 3 is 2.38 bits per heavy atom. The quantitative estimate of drug-likeness (QED) is 0.279. The molecule has 3 aromatic rings. The minimum absolute atomic E-state index is 0.155. The molecule has 3 amide bonds. The van der Waals surface area contributed by atoms with E-state index in [1.165, 1.54) is 26.4 Å². The molecule has 3 aromatic carbocycles. The highest BCUT2D eigenvalue weighted by atomic mass is 35.5. The van der Waals surface area contributed by atoms with Crippen molar-refractivity contribution in [1.82, 2.24) is 0 Å². The molecule has 0 fully saturated rings. The minimum atomic E-state index is -0.736. The Balaban J connectivity index is 1.59. The number of esters is 1. The van der Waals surface area contributed by atoms with E-state index in [2.05, 4.69) is 10.6 Å². The molecule has 0 saturated carbocycles. The molecule has 0 unspecified atom stereocenters. The van der Waals surface area contributed by atoms with Crippen molar-refractivity contribution in [3.8, 4) is 11.5 Å². The molecule has 2 N–H and O–H groups in total. The Labute approximate surface area is 235 Å². The first-order valence-electron chi connectivity index (χ1n) is 12.2. The third-order valence-corrected chi connectivity index (χ3v) is 6.44. The number of nitrogens with zero attached hydrogens (tertiary/aromatic N) is 1. The van der Waals surface area contributed by atoms with Crippen LogP contribution >= 0.6 is 11.6 Å². The van der Waals surface area contributed by atoms with E-state index >= 15 is 0 Å². The van der Waals surface area contributed by atoms with Gasteiger partial charge in [-0.05, 0) is 55.8 Å². The van der Waals surface area contributed by atoms with E-state index < -0.39 is 23.7 Å². The number of methoxy groups -OCH3 is 2. The zero-order valence-corrected chi connectivity index (χ0v) is 22.9. The average Bonchev–Trinajstić information content (AvgIpc) is 3.16. The van der Waals surface area contributed by atoms with Crippen molar-refractivity contribution in [2.75, 3.05) is 36.4 Å². The van der Waals surface area contributed by atoms with Crippen LogP contribution in [-0.4, -0.2) is 44.5 Å². The number of rotatable bonds is 9. The van der Waals surface area contributed by atoms with Gasteiger partial charge >= 0.3 is 5.97 Å². The lowest BCUT2D eigenvalue weighted by Crippen LogP contribution is -2.32. The molecular formula is C29H26ClN3O7. The molecule has 0 aliphatic carbocycles. The predicted octanol–water partition coefficient (Wildman–Crippen LogP) is 4.88. The zero-order chi connectivity index (χ0) is 29.0. The highest BCUT2D eigenvalue weighted by Gasteiger charge is 2.40. The summed E-state index contributed by atoms with van der Waals surface area (Å²) < 4.78 is 15.6. The van der Waals surface area contributed by atoms with Gasteiger partial charge in [-0.15, -0.1) is 0 Å². The summed E-state index contributed by atoms with van der Waals surface area (Å²) in [5, 5.41) is 5.32. The number of imide groups is 1. The van der Waals surface area contributed by atoms with Crippen LogP contribution in [0.3, 0.4) is 0 Å². The van der Waals surface area contributed by atoms with Gasteiger partial charge in [-0.3, -0.25) is 14.4 Å². The second-order valence-electron chi connectivity index (χ2n) is 8.55. The van der Waals surface area contributed by atoms with Crippen LogP contribution in [0.5, 0.6) is 11.5 Å². The van der Waals surface area contributed by atoms with Gasteiger partial charge in [0, 0.05) is 17.3 Å². The van der Waals surface area contributed by atoms with E-state index in [9.17, 15) is 19.2 Å². The molecule has 0 aromatic heterocycles. The van der Waals surface area contributed by atoms with Crippen molar-refractivity contribution < 1.29 is 33.4 Å². The monoisotopic (exact) mass is 563 g/mol. The molecule has 10 nitrogen and oxygen atoms in total. The van der Waals surface area contributed by atoms with Crippen LogP contribution in [0, 0.1) is 6.92 Å². The van der Waals surface area contributed by atoms with Crippen molar-refractivity contribution in [3.05, 3.63) is 88.1 Å². The predicted molar refractivity (Wildman–Crippen MR) is 150 cm³/mol. The van der Waals surface area contributed by atoms with Crippen LogP contribution in [0.25, 0.3) is 0 Å². The fourth-order valence-corrected chi connectivity index (χ4v) is 4.22. The van der Waals surface area contributed by atoms with E-state index in [1.807, 2.05) is 0 Å². The van der Waals surface area contributed by atoms with E-state index in [1.54, 1.807) is 62.4 Å². The van der Waals surface area contributed by atoms with Crippen molar-refractivity contribution in [2.24, 2.45) is 0 Å². The van der Waals surface area contributed by atoms with E-state index in [0.29, 0.717) is 17.0 Å². The number of hydrogen-bond donors (Lipinski definition) is 2. The summed E-state index contributed by atoms with van der Waals surface area (Å²) in [7, 11) is 2.89. The Morgan fingerprint density at radius 2 is 1.68 bits per heavy atom. The lowest BCUT2D eigenvalue weighted by Gasteiger charge is -2.19.